The minimum atomic E-state index is 0.0592. The van der Waals surface area contributed by atoms with Gasteiger partial charge < -0.3 is 9.80 Å². The molecule has 0 bridgehead atoms. The molecule has 0 unspecified atom stereocenters. The van der Waals surface area contributed by atoms with Crippen LogP contribution in [-0.2, 0) is 9.59 Å². The third-order valence-electron chi connectivity index (χ3n) is 6.62. The van der Waals surface area contributed by atoms with Crippen LogP contribution in [0.3, 0.4) is 0 Å². The molecule has 170 valence electrons. The van der Waals surface area contributed by atoms with Gasteiger partial charge in [0.25, 0.3) is 0 Å². The lowest BCUT2D eigenvalue weighted by Crippen LogP contribution is -2.51. The number of rotatable bonds is 7. The van der Waals surface area contributed by atoms with Gasteiger partial charge in [0, 0.05) is 64.8 Å². The molecule has 2 fully saturated rings. The Kier molecular flexibility index (Phi) is 8.67. The van der Waals surface area contributed by atoms with Crippen molar-refractivity contribution in [2.75, 3.05) is 59.4 Å². The van der Waals surface area contributed by atoms with Gasteiger partial charge in [-0.05, 0) is 32.3 Å². The van der Waals surface area contributed by atoms with E-state index in [1.54, 1.807) is 0 Å². The Hall–Kier alpha value is -2.18. The first-order valence-corrected chi connectivity index (χ1v) is 11.6. The van der Waals surface area contributed by atoms with E-state index in [0.29, 0.717) is 19.6 Å². The fourth-order valence-corrected chi connectivity index (χ4v) is 4.24. The maximum atomic E-state index is 12.8. The van der Waals surface area contributed by atoms with Gasteiger partial charge >= 0.3 is 0 Å². The first-order valence-electron chi connectivity index (χ1n) is 11.6. The van der Waals surface area contributed by atoms with E-state index in [4.69, 9.17) is 0 Å². The van der Waals surface area contributed by atoms with Crippen LogP contribution in [0.2, 0.25) is 0 Å². The lowest BCUT2D eigenvalue weighted by molar-refractivity contribution is -0.141. The zero-order valence-corrected chi connectivity index (χ0v) is 19.4. The SMILES string of the molecule is CC(C)N(C)C(=O)C1CCN(C(=O)CN2CCN(C/C=C/c3ccccc3)CC2)CC1. The van der Waals surface area contributed by atoms with Crippen LogP contribution in [0.4, 0.5) is 0 Å². The summed E-state index contributed by atoms with van der Waals surface area (Å²) in [5.74, 6) is 0.490. The van der Waals surface area contributed by atoms with E-state index in [0.717, 1.165) is 45.6 Å². The number of hydrogen-bond acceptors (Lipinski definition) is 4. The molecule has 2 saturated heterocycles. The van der Waals surface area contributed by atoms with Crippen molar-refractivity contribution in [1.29, 1.82) is 0 Å². The molecule has 2 heterocycles. The molecule has 31 heavy (non-hydrogen) atoms. The van der Waals surface area contributed by atoms with Crippen LogP contribution in [0.15, 0.2) is 36.4 Å². The Balaban J connectivity index is 1.35. The molecule has 6 heteroatoms. The van der Waals surface area contributed by atoms with Crippen LogP contribution in [0.1, 0.15) is 32.3 Å². The molecule has 2 aliphatic heterocycles. The van der Waals surface area contributed by atoms with Crippen LogP contribution < -0.4 is 0 Å². The van der Waals surface area contributed by atoms with Crippen molar-refractivity contribution < 1.29 is 9.59 Å². The molecule has 6 nitrogen and oxygen atoms in total. The summed E-state index contributed by atoms with van der Waals surface area (Å²) in [4.78, 5) is 33.8. The molecule has 0 radical (unpaired) electrons. The second-order valence-corrected chi connectivity index (χ2v) is 9.09. The molecule has 3 rings (SSSR count). The number of benzene rings is 1. The third kappa shape index (κ3) is 6.91. The summed E-state index contributed by atoms with van der Waals surface area (Å²) in [6, 6.07) is 10.6. The fourth-order valence-electron chi connectivity index (χ4n) is 4.24. The van der Waals surface area contributed by atoms with Crippen molar-refractivity contribution in [2.24, 2.45) is 5.92 Å². The molecular formula is C25H38N4O2. The molecule has 0 atom stereocenters. The summed E-state index contributed by atoms with van der Waals surface area (Å²) in [7, 11) is 1.88. The van der Waals surface area contributed by atoms with E-state index >= 15 is 0 Å². The molecule has 0 aromatic heterocycles. The second-order valence-electron chi connectivity index (χ2n) is 9.09. The monoisotopic (exact) mass is 426 g/mol. The van der Waals surface area contributed by atoms with E-state index in [1.807, 2.05) is 36.8 Å². The third-order valence-corrected chi connectivity index (χ3v) is 6.62. The van der Waals surface area contributed by atoms with Crippen molar-refractivity contribution >= 4 is 17.9 Å². The minimum absolute atomic E-state index is 0.0592. The molecule has 0 spiro atoms. The highest BCUT2D eigenvalue weighted by Gasteiger charge is 2.30. The smallest absolute Gasteiger partial charge is 0.236 e. The summed E-state index contributed by atoms with van der Waals surface area (Å²) in [6.45, 7) is 10.8. The quantitative estimate of drug-likeness (QED) is 0.672. The zero-order valence-electron chi connectivity index (χ0n) is 19.4. The topological polar surface area (TPSA) is 47.1 Å². The molecule has 1 aromatic rings. The number of carbonyl (C=O) groups excluding carboxylic acids is 2. The second kappa shape index (κ2) is 11.4. The predicted octanol–water partition coefficient (Wildman–Crippen LogP) is 2.42. The molecule has 2 amide bonds. The van der Waals surface area contributed by atoms with Crippen LogP contribution in [0, 0.1) is 5.92 Å². The van der Waals surface area contributed by atoms with Crippen molar-refractivity contribution in [3.63, 3.8) is 0 Å². The fraction of sp³-hybridized carbons (Fsp3) is 0.600. The number of nitrogens with zero attached hydrogens (tertiary/aromatic N) is 4. The van der Waals surface area contributed by atoms with E-state index in [2.05, 4.69) is 46.2 Å². The summed E-state index contributed by atoms with van der Waals surface area (Å²) in [6.07, 6.45) is 5.95. The lowest BCUT2D eigenvalue weighted by Gasteiger charge is -2.37. The first kappa shape index (κ1) is 23.5. The van der Waals surface area contributed by atoms with Crippen LogP contribution >= 0.6 is 0 Å². The highest BCUT2D eigenvalue weighted by molar-refractivity contribution is 5.81. The molecule has 0 N–H and O–H groups in total. The molecule has 2 aliphatic rings. The number of piperazine rings is 1. The molecule has 0 aliphatic carbocycles. The van der Waals surface area contributed by atoms with E-state index < -0.39 is 0 Å². The van der Waals surface area contributed by atoms with Gasteiger partial charge in [0.1, 0.15) is 0 Å². The highest BCUT2D eigenvalue weighted by Crippen LogP contribution is 2.20. The first-order chi connectivity index (χ1) is 14.9. The number of carbonyl (C=O) groups is 2. The molecule has 1 aromatic carbocycles. The Labute approximate surface area is 187 Å². The van der Waals surface area contributed by atoms with Crippen LogP contribution in [0.25, 0.3) is 6.08 Å². The average Bonchev–Trinajstić information content (AvgIpc) is 2.80. The van der Waals surface area contributed by atoms with E-state index in [-0.39, 0.29) is 23.8 Å². The Morgan fingerprint density at radius 3 is 2.23 bits per heavy atom. The van der Waals surface area contributed by atoms with E-state index in [9.17, 15) is 9.59 Å². The van der Waals surface area contributed by atoms with Gasteiger partial charge in [0.05, 0.1) is 6.54 Å². The largest absolute Gasteiger partial charge is 0.343 e. The lowest BCUT2D eigenvalue weighted by atomic mass is 9.95. The number of hydrogen-bond donors (Lipinski definition) is 0. The maximum absolute atomic E-state index is 12.8. The van der Waals surface area contributed by atoms with Gasteiger partial charge in [-0.25, -0.2) is 0 Å². The summed E-state index contributed by atoms with van der Waals surface area (Å²) >= 11 is 0. The van der Waals surface area contributed by atoms with Gasteiger partial charge in [-0.1, -0.05) is 42.5 Å². The summed E-state index contributed by atoms with van der Waals surface area (Å²) in [5, 5.41) is 0. The van der Waals surface area contributed by atoms with Crippen molar-refractivity contribution in [2.45, 2.75) is 32.7 Å². The minimum Gasteiger partial charge on any atom is -0.343 e. The predicted molar refractivity (Wildman–Crippen MR) is 126 cm³/mol. The molecule has 0 saturated carbocycles. The average molecular weight is 427 g/mol. The number of likely N-dealkylation sites (tertiary alicyclic amines) is 1. The Morgan fingerprint density at radius 1 is 1.00 bits per heavy atom. The van der Waals surface area contributed by atoms with Crippen molar-refractivity contribution in [1.82, 2.24) is 19.6 Å². The van der Waals surface area contributed by atoms with Crippen LogP contribution in [-0.4, -0.2) is 96.9 Å². The van der Waals surface area contributed by atoms with Crippen LogP contribution in [0.5, 0.6) is 0 Å². The van der Waals surface area contributed by atoms with Gasteiger partial charge in [0.15, 0.2) is 0 Å². The maximum Gasteiger partial charge on any atom is 0.236 e. The Bertz CT molecular complexity index is 733. The van der Waals surface area contributed by atoms with E-state index in [1.165, 1.54) is 5.56 Å². The van der Waals surface area contributed by atoms with Crippen molar-refractivity contribution in [3.8, 4) is 0 Å². The van der Waals surface area contributed by atoms with Gasteiger partial charge in [-0.2, -0.15) is 0 Å². The number of piperidine rings is 1. The zero-order chi connectivity index (χ0) is 22.2. The van der Waals surface area contributed by atoms with Gasteiger partial charge in [-0.15, -0.1) is 0 Å². The van der Waals surface area contributed by atoms with Gasteiger partial charge in [0.2, 0.25) is 11.8 Å². The summed E-state index contributed by atoms with van der Waals surface area (Å²) in [5.41, 5.74) is 1.23. The molecular weight excluding hydrogens is 388 g/mol. The highest BCUT2D eigenvalue weighted by atomic mass is 16.2. The van der Waals surface area contributed by atoms with Gasteiger partial charge in [-0.3, -0.25) is 19.4 Å². The number of amides is 2. The summed E-state index contributed by atoms with van der Waals surface area (Å²) < 4.78 is 0. The standard InChI is InChI=1S/C25H38N4O2/c1-21(2)26(3)25(31)23-11-14-29(15-12-23)24(30)20-28-18-16-27(17-19-28)13-7-10-22-8-5-4-6-9-22/h4-10,21,23H,11-20H2,1-3H3/b10-7+. The van der Waals surface area contributed by atoms with Crippen molar-refractivity contribution in [3.05, 3.63) is 42.0 Å². The Morgan fingerprint density at radius 2 is 1.61 bits per heavy atom. The normalized spacial score (nSPS) is 19.3.